The molecular weight excluding hydrogens is 228 g/mol. The minimum atomic E-state index is 0.214. The van der Waals surface area contributed by atoms with Gasteiger partial charge in [-0.05, 0) is 24.6 Å². The van der Waals surface area contributed by atoms with Gasteiger partial charge in [0.2, 0.25) is 0 Å². The third kappa shape index (κ3) is 3.94. The maximum Gasteiger partial charge on any atom is 0.123 e. The molecule has 1 unspecified atom stereocenters. The maximum atomic E-state index is 8.71. The molecular formula is C14H20N2O2. The van der Waals surface area contributed by atoms with E-state index in [1.807, 2.05) is 18.2 Å². The molecule has 0 amide bonds. The van der Waals surface area contributed by atoms with Gasteiger partial charge in [-0.25, -0.2) is 0 Å². The standard InChI is InChI=1S/C14H20N2O2/c1-4-12(7-8-15)16-10-11-9-13(17-2)5-6-14(11)18-3/h5-6,9,12,16H,4,7,10H2,1-3H3. The van der Waals surface area contributed by atoms with Crippen LogP contribution in [0.25, 0.3) is 0 Å². The predicted molar refractivity (Wildman–Crippen MR) is 70.7 cm³/mol. The number of nitrogens with zero attached hydrogens (tertiary/aromatic N) is 1. The minimum absolute atomic E-state index is 0.214. The van der Waals surface area contributed by atoms with E-state index in [0.717, 1.165) is 23.5 Å². The summed E-state index contributed by atoms with van der Waals surface area (Å²) in [4.78, 5) is 0. The minimum Gasteiger partial charge on any atom is -0.497 e. The summed E-state index contributed by atoms with van der Waals surface area (Å²) >= 11 is 0. The summed E-state index contributed by atoms with van der Waals surface area (Å²) in [7, 11) is 3.29. The van der Waals surface area contributed by atoms with Gasteiger partial charge in [-0.1, -0.05) is 6.92 Å². The molecule has 0 aliphatic carbocycles. The fourth-order valence-corrected chi connectivity index (χ4v) is 1.75. The molecule has 4 nitrogen and oxygen atoms in total. The zero-order chi connectivity index (χ0) is 13.4. The van der Waals surface area contributed by atoms with E-state index in [9.17, 15) is 0 Å². The average Bonchev–Trinajstić information content (AvgIpc) is 2.43. The van der Waals surface area contributed by atoms with Gasteiger partial charge >= 0.3 is 0 Å². The van der Waals surface area contributed by atoms with Gasteiger partial charge in [0.05, 0.1) is 26.7 Å². The molecule has 18 heavy (non-hydrogen) atoms. The van der Waals surface area contributed by atoms with Crippen LogP contribution in [-0.4, -0.2) is 20.3 Å². The van der Waals surface area contributed by atoms with E-state index in [-0.39, 0.29) is 6.04 Å². The number of methoxy groups -OCH3 is 2. The van der Waals surface area contributed by atoms with Crippen molar-refractivity contribution in [2.45, 2.75) is 32.4 Å². The first kappa shape index (κ1) is 14.3. The van der Waals surface area contributed by atoms with Crippen LogP contribution in [0.15, 0.2) is 18.2 Å². The second-order valence-electron chi connectivity index (χ2n) is 4.03. The highest BCUT2D eigenvalue weighted by Gasteiger charge is 2.08. The zero-order valence-electron chi connectivity index (χ0n) is 11.2. The first-order valence-electron chi connectivity index (χ1n) is 6.06. The largest absolute Gasteiger partial charge is 0.497 e. The van der Waals surface area contributed by atoms with Gasteiger partial charge in [0.25, 0.3) is 0 Å². The second-order valence-corrected chi connectivity index (χ2v) is 4.03. The number of rotatable bonds is 7. The van der Waals surface area contributed by atoms with Crippen molar-refractivity contribution in [2.24, 2.45) is 0 Å². The Balaban J connectivity index is 2.73. The Hall–Kier alpha value is -1.73. The van der Waals surface area contributed by atoms with Crippen LogP contribution < -0.4 is 14.8 Å². The van der Waals surface area contributed by atoms with E-state index < -0.39 is 0 Å². The topological polar surface area (TPSA) is 54.3 Å². The van der Waals surface area contributed by atoms with Crippen molar-refractivity contribution in [2.75, 3.05) is 14.2 Å². The third-order valence-electron chi connectivity index (χ3n) is 2.90. The molecule has 98 valence electrons. The molecule has 0 bridgehead atoms. The Kier molecular flexibility index (Phi) is 6.03. The van der Waals surface area contributed by atoms with Crippen molar-refractivity contribution in [1.29, 1.82) is 5.26 Å². The van der Waals surface area contributed by atoms with E-state index in [2.05, 4.69) is 18.3 Å². The van der Waals surface area contributed by atoms with Crippen LogP contribution in [-0.2, 0) is 6.54 Å². The number of hydrogen-bond acceptors (Lipinski definition) is 4. The van der Waals surface area contributed by atoms with Crippen molar-refractivity contribution in [3.8, 4) is 17.6 Å². The summed E-state index contributed by atoms with van der Waals surface area (Å²) in [5, 5.41) is 12.1. The van der Waals surface area contributed by atoms with Crippen molar-refractivity contribution in [3.05, 3.63) is 23.8 Å². The lowest BCUT2D eigenvalue weighted by molar-refractivity contribution is 0.394. The number of nitrogens with one attached hydrogen (secondary N) is 1. The lowest BCUT2D eigenvalue weighted by Crippen LogP contribution is -2.27. The SMILES string of the molecule is CCC(CC#N)NCc1cc(OC)ccc1OC. The normalized spacial score (nSPS) is 11.7. The van der Waals surface area contributed by atoms with Gasteiger partial charge in [0.1, 0.15) is 11.5 Å². The third-order valence-corrected chi connectivity index (χ3v) is 2.90. The van der Waals surface area contributed by atoms with Crippen LogP contribution in [0, 0.1) is 11.3 Å². The summed E-state index contributed by atoms with van der Waals surface area (Å²) in [6, 6.07) is 8.11. The van der Waals surface area contributed by atoms with Crippen molar-refractivity contribution >= 4 is 0 Å². The molecule has 0 saturated heterocycles. The summed E-state index contributed by atoms with van der Waals surface area (Å²) in [5.41, 5.74) is 1.04. The Labute approximate surface area is 109 Å². The van der Waals surface area contributed by atoms with Crippen LogP contribution in [0.1, 0.15) is 25.3 Å². The molecule has 0 aliphatic rings. The van der Waals surface area contributed by atoms with Crippen molar-refractivity contribution < 1.29 is 9.47 Å². The molecule has 0 saturated carbocycles. The molecule has 0 aliphatic heterocycles. The fraction of sp³-hybridized carbons (Fsp3) is 0.500. The van der Waals surface area contributed by atoms with Gasteiger partial charge < -0.3 is 14.8 Å². The van der Waals surface area contributed by atoms with Crippen LogP contribution in [0.3, 0.4) is 0 Å². The van der Waals surface area contributed by atoms with Gasteiger partial charge in [0, 0.05) is 18.2 Å². The highest BCUT2D eigenvalue weighted by Crippen LogP contribution is 2.23. The van der Waals surface area contributed by atoms with Crippen molar-refractivity contribution in [1.82, 2.24) is 5.32 Å². The molecule has 1 aromatic rings. The highest BCUT2D eigenvalue weighted by molar-refractivity contribution is 5.40. The molecule has 1 rings (SSSR count). The fourth-order valence-electron chi connectivity index (χ4n) is 1.75. The second kappa shape index (κ2) is 7.57. The predicted octanol–water partition coefficient (Wildman–Crippen LogP) is 2.49. The van der Waals surface area contributed by atoms with Crippen molar-refractivity contribution in [3.63, 3.8) is 0 Å². The number of nitriles is 1. The van der Waals surface area contributed by atoms with Gasteiger partial charge in [-0.15, -0.1) is 0 Å². The molecule has 0 spiro atoms. The summed E-state index contributed by atoms with van der Waals surface area (Å²) in [6.45, 7) is 2.73. The highest BCUT2D eigenvalue weighted by atomic mass is 16.5. The van der Waals surface area contributed by atoms with Gasteiger partial charge in [-0.2, -0.15) is 5.26 Å². The van der Waals surface area contributed by atoms with E-state index in [1.54, 1.807) is 14.2 Å². The van der Waals surface area contributed by atoms with E-state index in [0.29, 0.717) is 13.0 Å². The summed E-state index contributed by atoms with van der Waals surface area (Å²) in [5.74, 6) is 1.64. The molecule has 0 aromatic heterocycles. The zero-order valence-corrected chi connectivity index (χ0v) is 11.2. The molecule has 1 N–H and O–H groups in total. The lowest BCUT2D eigenvalue weighted by atomic mass is 10.1. The first-order valence-corrected chi connectivity index (χ1v) is 6.06. The molecule has 0 heterocycles. The van der Waals surface area contributed by atoms with Gasteiger partial charge in [0.15, 0.2) is 0 Å². The van der Waals surface area contributed by atoms with Crippen LogP contribution >= 0.6 is 0 Å². The quantitative estimate of drug-likeness (QED) is 0.805. The van der Waals surface area contributed by atoms with E-state index in [1.165, 1.54) is 0 Å². The number of benzene rings is 1. The summed E-state index contributed by atoms with van der Waals surface area (Å²) < 4.78 is 10.5. The lowest BCUT2D eigenvalue weighted by Gasteiger charge is -2.16. The Bertz CT molecular complexity index is 413. The number of hydrogen-bond donors (Lipinski definition) is 1. The molecule has 4 heteroatoms. The van der Waals surface area contributed by atoms with Gasteiger partial charge in [-0.3, -0.25) is 0 Å². The Morgan fingerprint density at radius 3 is 2.67 bits per heavy atom. The Morgan fingerprint density at radius 1 is 1.33 bits per heavy atom. The molecule has 0 radical (unpaired) electrons. The summed E-state index contributed by atoms with van der Waals surface area (Å²) in [6.07, 6.45) is 1.45. The number of ether oxygens (including phenoxy) is 2. The molecule has 1 aromatic carbocycles. The molecule has 0 fully saturated rings. The van der Waals surface area contributed by atoms with Crippen LogP contribution in [0.4, 0.5) is 0 Å². The van der Waals surface area contributed by atoms with Crippen LogP contribution in [0.2, 0.25) is 0 Å². The first-order chi connectivity index (χ1) is 8.74. The van der Waals surface area contributed by atoms with Crippen LogP contribution in [0.5, 0.6) is 11.5 Å². The molecule has 1 atom stereocenters. The maximum absolute atomic E-state index is 8.71. The smallest absolute Gasteiger partial charge is 0.123 e. The van der Waals surface area contributed by atoms with E-state index >= 15 is 0 Å². The van der Waals surface area contributed by atoms with E-state index in [4.69, 9.17) is 14.7 Å². The average molecular weight is 248 g/mol. The Morgan fingerprint density at radius 2 is 2.11 bits per heavy atom. The monoisotopic (exact) mass is 248 g/mol.